The van der Waals surface area contributed by atoms with E-state index in [0.29, 0.717) is 29.3 Å². The number of carbonyl (C=O) groups excluding carboxylic acids is 1. The van der Waals surface area contributed by atoms with E-state index in [1.54, 1.807) is 48.5 Å². The smallest absolute Gasteiger partial charge is 0.268 e. The number of hydrogen-bond acceptors (Lipinski definition) is 4. The molecule has 1 N–H and O–H groups in total. The Kier molecular flexibility index (Phi) is 5.08. The van der Waals surface area contributed by atoms with Gasteiger partial charge in [-0.3, -0.25) is 4.79 Å². The Bertz CT molecular complexity index is 1100. The van der Waals surface area contributed by atoms with Crippen molar-refractivity contribution in [2.45, 2.75) is 43.1 Å². The van der Waals surface area contributed by atoms with Gasteiger partial charge in [-0.15, -0.1) is 0 Å². The largest absolute Gasteiger partial charge is 0.388 e. The lowest BCUT2D eigenvalue weighted by Crippen LogP contribution is -2.21. The number of Topliss-reactive ketones (excluding diaryl/α,β-unsaturated/α-hetero) is 1. The molecule has 1 heterocycles. The third-order valence-electron chi connectivity index (χ3n) is 5.56. The molecule has 1 saturated carbocycles. The summed E-state index contributed by atoms with van der Waals surface area (Å²) in [7, 11) is -3.81. The van der Waals surface area contributed by atoms with Crippen LogP contribution >= 0.6 is 0 Å². The number of para-hydroxylation sites is 1. The minimum Gasteiger partial charge on any atom is -0.388 e. The van der Waals surface area contributed by atoms with Crippen molar-refractivity contribution in [1.29, 1.82) is 0 Å². The molecule has 1 aliphatic rings. The maximum Gasteiger partial charge on any atom is 0.268 e. The van der Waals surface area contributed by atoms with Crippen molar-refractivity contribution >= 4 is 26.7 Å². The standard InChI is InChI=1S/C22H23NO4S/c24-21-14-6-2-5-12-18(21)22(25)19-15-23(20-13-8-7-11-17(19)20)28(26,27)16-9-3-1-4-10-16/h1,3-4,7-11,13,15,18,22,25H,2,5-6,12,14H2/t18-,22-/m1/s1. The van der Waals surface area contributed by atoms with Crippen LogP contribution in [0.3, 0.4) is 0 Å². The molecule has 0 spiro atoms. The zero-order valence-corrected chi connectivity index (χ0v) is 16.3. The van der Waals surface area contributed by atoms with Crippen molar-refractivity contribution in [3.63, 3.8) is 0 Å². The predicted octanol–water partition coefficient (Wildman–Crippen LogP) is 4.06. The normalized spacial score (nSPS) is 19.5. The Labute approximate surface area is 164 Å². The van der Waals surface area contributed by atoms with Crippen molar-refractivity contribution < 1.29 is 18.3 Å². The maximum atomic E-state index is 13.2. The highest BCUT2D eigenvalue weighted by Gasteiger charge is 2.32. The number of hydrogen-bond donors (Lipinski definition) is 1. The van der Waals surface area contributed by atoms with Crippen LogP contribution in [0, 0.1) is 5.92 Å². The number of benzene rings is 2. The molecule has 1 fully saturated rings. The van der Waals surface area contributed by atoms with Crippen LogP contribution in [0.2, 0.25) is 0 Å². The van der Waals surface area contributed by atoms with E-state index in [-0.39, 0.29) is 10.7 Å². The molecule has 4 rings (SSSR count). The maximum absolute atomic E-state index is 13.2. The first kappa shape index (κ1) is 18.9. The van der Waals surface area contributed by atoms with E-state index in [0.717, 1.165) is 19.3 Å². The second-order valence-corrected chi connectivity index (χ2v) is 9.15. The monoisotopic (exact) mass is 397 g/mol. The van der Waals surface area contributed by atoms with Crippen LogP contribution in [0.4, 0.5) is 0 Å². The number of rotatable bonds is 4. The van der Waals surface area contributed by atoms with Gasteiger partial charge in [0.1, 0.15) is 5.78 Å². The van der Waals surface area contributed by atoms with Gasteiger partial charge in [0.25, 0.3) is 10.0 Å². The summed E-state index contributed by atoms with van der Waals surface area (Å²) in [6, 6.07) is 15.3. The van der Waals surface area contributed by atoms with Crippen LogP contribution in [0.15, 0.2) is 65.7 Å². The summed E-state index contributed by atoms with van der Waals surface area (Å²) in [5.74, 6) is -0.422. The van der Waals surface area contributed by atoms with E-state index in [4.69, 9.17) is 0 Å². The Balaban J connectivity index is 1.84. The lowest BCUT2D eigenvalue weighted by Gasteiger charge is -2.19. The van der Waals surface area contributed by atoms with Gasteiger partial charge in [0.15, 0.2) is 0 Å². The fraction of sp³-hybridized carbons (Fsp3) is 0.318. The van der Waals surface area contributed by atoms with Crippen molar-refractivity contribution in [2.24, 2.45) is 5.92 Å². The average Bonchev–Trinajstić information content (AvgIpc) is 2.98. The van der Waals surface area contributed by atoms with E-state index in [9.17, 15) is 18.3 Å². The van der Waals surface area contributed by atoms with E-state index >= 15 is 0 Å². The van der Waals surface area contributed by atoms with Crippen molar-refractivity contribution in [3.05, 3.63) is 66.4 Å². The molecule has 0 aliphatic heterocycles. The molecule has 28 heavy (non-hydrogen) atoms. The first-order valence-electron chi connectivity index (χ1n) is 9.61. The van der Waals surface area contributed by atoms with Gasteiger partial charge in [-0.05, 0) is 31.0 Å². The molecule has 6 heteroatoms. The Morgan fingerprint density at radius 1 is 0.964 bits per heavy atom. The SMILES string of the molecule is O=C1CCCCC[C@H]1[C@@H](O)c1cn(S(=O)(=O)c2ccccc2)c2ccccc12. The molecular formula is C22H23NO4S. The summed E-state index contributed by atoms with van der Waals surface area (Å²) in [5, 5.41) is 11.7. The van der Waals surface area contributed by atoms with E-state index in [1.807, 2.05) is 6.07 Å². The third kappa shape index (κ3) is 3.27. The van der Waals surface area contributed by atoms with Gasteiger partial charge in [-0.1, -0.05) is 49.2 Å². The van der Waals surface area contributed by atoms with Crippen LogP contribution in [0.5, 0.6) is 0 Å². The summed E-state index contributed by atoms with van der Waals surface area (Å²) in [6.07, 6.45) is 4.31. The minimum atomic E-state index is -3.81. The lowest BCUT2D eigenvalue weighted by atomic mass is 9.88. The number of ketones is 1. The molecule has 0 bridgehead atoms. The van der Waals surface area contributed by atoms with Crippen LogP contribution in [0.25, 0.3) is 10.9 Å². The highest BCUT2D eigenvalue weighted by molar-refractivity contribution is 7.90. The molecule has 0 amide bonds. The van der Waals surface area contributed by atoms with Gasteiger partial charge in [-0.2, -0.15) is 0 Å². The first-order valence-corrected chi connectivity index (χ1v) is 11.1. The van der Waals surface area contributed by atoms with E-state index in [2.05, 4.69) is 0 Å². The van der Waals surface area contributed by atoms with Crippen LogP contribution in [-0.2, 0) is 14.8 Å². The van der Waals surface area contributed by atoms with Crippen LogP contribution < -0.4 is 0 Å². The molecule has 0 unspecified atom stereocenters. The quantitative estimate of drug-likeness (QED) is 0.674. The molecule has 0 saturated heterocycles. The highest BCUT2D eigenvalue weighted by Crippen LogP contribution is 2.36. The number of fused-ring (bicyclic) bond motifs is 1. The van der Waals surface area contributed by atoms with Gasteiger partial charge in [0.05, 0.1) is 16.5 Å². The molecule has 3 aromatic rings. The minimum absolute atomic E-state index is 0.0627. The zero-order chi connectivity index (χ0) is 19.7. The average molecular weight is 397 g/mol. The molecule has 2 aromatic carbocycles. The topological polar surface area (TPSA) is 76.4 Å². The molecule has 2 atom stereocenters. The fourth-order valence-electron chi connectivity index (χ4n) is 4.05. The predicted molar refractivity (Wildman–Crippen MR) is 108 cm³/mol. The first-order chi connectivity index (χ1) is 13.5. The molecule has 0 radical (unpaired) electrons. The molecular weight excluding hydrogens is 374 g/mol. The summed E-state index contributed by atoms with van der Waals surface area (Å²) in [6.45, 7) is 0. The molecule has 1 aliphatic carbocycles. The van der Waals surface area contributed by atoms with Gasteiger partial charge in [0.2, 0.25) is 0 Å². The Morgan fingerprint density at radius 3 is 2.46 bits per heavy atom. The molecule has 1 aromatic heterocycles. The number of aliphatic hydroxyl groups excluding tert-OH is 1. The van der Waals surface area contributed by atoms with E-state index in [1.165, 1.54) is 10.2 Å². The van der Waals surface area contributed by atoms with E-state index < -0.39 is 22.0 Å². The van der Waals surface area contributed by atoms with Crippen LogP contribution in [0.1, 0.15) is 43.8 Å². The second-order valence-electron chi connectivity index (χ2n) is 7.33. The number of carbonyl (C=O) groups is 1. The second kappa shape index (κ2) is 7.53. The fourth-order valence-corrected chi connectivity index (χ4v) is 5.45. The highest BCUT2D eigenvalue weighted by atomic mass is 32.2. The Hall–Kier alpha value is -2.44. The number of aromatic nitrogens is 1. The summed E-state index contributed by atoms with van der Waals surface area (Å²) >= 11 is 0. The Morgan fingerprint density at radius 2 is 1.68 bits per heavy atom. The summed E-state index contributed by atoms with van der Waals surface area (Å²) in [5.41, 5.74) is 0.997. The summed E-state index contributed by atoms with van der Waals surface area (Å²) in [4.78, 5) is 12.7. The third-order valence-corrected chi connectivity index (χ3v) is 7.25. The zero-order valence-electron chi connectivity index (χ0n) is 15.5. The lowest BCUT2D eigenvalue weighted by molar-refractivity contribution is -0.126. The molecule has 146 valence electrons. The van der Waals surface area contributed by atoms with Crippen molar-refractivity contribution in [1.82, 2.24) is 3.97 Å². The van der Waals surface area contributed by atoms with Gasteiger partial charge < -0.3 is 5.11 Å². The van der Waals surface area contributed by atoms with Gasteiger partial charge in [0, 0.05) is 29.5 Å². The van der Waals surface area contributed by atoms with Gasteiger partial charge >= 0.3 is 0 Å². The van der Waals surface area contributed by atoms with Crippen molar-refractivity contribution in [3.8, 4) is 0 Å². The van der Waals surface area contributed by atoms with Gasteiger partial charge in [-0.25, -0.2) is 12.4 Å². The summed E-state index contributed by atoms with van der Waals surface area (Å²) < 4.78 is 27.6. The number of aliphatic hydroxyl groups is 1. The van der Waals surface area contributed by atoms with Crippen molar-refractivity contribution in [2.75, 3.05) is 0 Å². The van der Waals surface area contributed by atoms with Crippen LogP contribution in [-0.4, -0.2) is 23.3 Å². The number of nitrogens with zero attached hydrogens (tertiary/aromatic N) is 1. The molecule has 5 nitrogen and oxygen atoms in total.